The largest absolute Gasteiger partial charge is 0.379 e. The normalized spacial score (nSPS) is 18.0. The molecule has 0 aromatic rings. The molecular formula is C20H42O4S6. The molecule has 0 aliphatic carbocycles. The Hall–Kier alpha value is 1.94. The van der Waals surface area contributed by atoms with Crippen molar-refractivity contribution in [3.63, 3.8) is 0 Å². The third-order valence-corrected chi connectivity index (χ3v) is 6.77. The van der Waals surface area contributed by atoms with Gasteiger partial charge in [-0.2, -0.15) is 74.0 Å². The minimum Gasteiger partial charge on any atom is -0.379 e. The Morgan fingerprint density at radius 2 is 0.933 bits per heavy atom. The number of hydrogen-bond donors (Lipinski definition) is 4. The van der Waals surface area contributed by atoms with Gasteiger partial charge in [0.15, 0.2) is 0 Å². The highest BCUT2D eigenvalue weighted by Crippen LogP contribution is 2.22. The van der Waals surface area contributed by atoms with E-state index < -0.39 is 0 Å². The van der Waals surface area contributed by atoms with Crippen molar-refractivity contribution < 1.29 is 18.9 Å². The summed E-state index contributed by atoms with van der Waals surface area (Å²) in [6.07, 6.45) is 0. The number of rotatable bonds is 21. The van der Waals surface area contributed by atoms with Crippen molar-refractivity contribution in [1.29, 1.82) is 0 Å². The number of hydrogen-bond acceptors (Lipinski definition) is 10. The van der Waals surface area contributed by atoms with Gasteiger partial charge in [-0.1, -0.05) is 27.7 Å². The van der Waals surface area contributed by atoms with Crippen LogP contribution < -0.4 is 0 Å². The summed E-state index contributed by atoms with van der Waals surface area (Å²) in [6.45, 7) is 13.5. The number of thioether (sulfide) groups is 2. The lowest BCUT2D eigenvalue weighted by Crippen LogP contribution is -2.26. The molecule has 0 aromatic heterocycles. The highest BCUT2D eigenvalue weighted by molar-refractivity contribution is 8.03. The molecule has 0 spiro atoms. The molecule has 0 aromatic carbocycles. The highest BCUT2D eigenvalue weighted by Gasteiger charge is 2.17. The van der Waals surface area contributed by atoms with Crippen LogP contribution in [0.3, 0.4) is 0 Å². The first-order chi connectivity index (χ1) is 14.2. The lowest BCUT2D eigenvalue weighted by molar-refractivity contribution is 0.0910. The lowest BCUT2D eigenvalue weighted by Gasteiger charge is -2.22. The summed E-state index contributed by atoms with van der Waals surface area (Å²) in [7, 11) is 0. The summed E-state index contributed by atoms with van der Waals surface area (Å²) in [5, 5.41) is 1.63. The minimum atomic E-state index is 0.230. The van der Waals surface area contributed by atoms with Gasteiger partial charge in [-0.3, -0.25) is 0 Å². The third kappa shape index (κ3) is 23.1. The Morgan fingerprint density at radius 3 is 1.37 bits per heavy atom. The fourth-order valence-corrected chi connectivity index (χ4v) is 4.92. The van der Waals surface area contributed by atoms with E-state index in [4.69, 9.17) is 18.9 Å². The summed E-state index contributed by atoms with van der Waals surface area (Å²) in [4.78, 5) is 0. The van der Waals surface area contributed by atoms with Crippen LogP contribution in [0.2, 0.25) is 0 Å². The molecule has 0 bridgehead atoms. The van der Waals surface area contributed by atoms with Crippen molar-refractivity contribution in [2.24, 2.45) is 0 Å². The number of ether oxygens (including phenoxy) is 4. The van der Waals surface area contributed by atoms with Crippen molar-refractivity contribution in [3.8, 4) is 0 Å². The maximum absolute atomic E-state index is 5.86. The smallest absolute Gasteiger partial charge is 0.0607 e. The molecule has 0 heterocycles. The molecule has 4 nitrogen and oxygen atoms in total. The topological polar surface area (TPSA) is 36.9 Å². The Morgan fingerprint density at radius 1 is 0.533 bits per heavy atom. The molecule has 0 saturated carbocycles. The molecule has 0 rings (SSSR count). The summed E-state index contributed by atoms with van der Waals surface area (Å²) in [5.41, 5.74) is 0. The SMILES string of the molecule is CC(S)COCCSC(COCC(C)S)CSC(COCC(C)S)COCC(C)S. The summed E-state index contributed by atoms with van der Waals surface area (Å²) < 4.78 is 23.2. The van der Waals surface area contributed by atoms with Crippen molar-refractivity contribution in [3.05, 3.63) is 0 Å². The molecule has 5 atom stereocenters. The van der Waals surface area contributed by atoms with Crippen LogP contribution in [0.15, 0.2) is 0 Å². The van der Waals surface area contributed by atoms with E-state index in [9.17, 15) is 0 Å². The van der Waals surface area contributed by atoms with E-state index in [1.54, 1.807) is 0 Å². The second-order valence-electron chi connectivity index (χ2n) is 7.53. The van der Waals surface area contributed by atoms with E-state index in [0.717, 1.165) is 18.1 Å². The predicted octanol–water partition coefficient (Wildman–Crippen LogP) is 4.53. The molecule has 30 heavy (non-hydrogen) atoms. The van der Waals surface area contributed by atoms with E-state index in [0.29, 0.717) is 51.5 Å². The van der Waals surface area contributed by atoms with Gasteiger partial charge in [0, 0.05) is 37.8 Å². The Balaban J connectivity index is 4.50. The molecule has 0 aliphatic heterocycles. The third-order valence-electron chi connectivity index (χ3n) is 3.45. The van der Waals surface area contributed by atoms with Crippen LogP contribution in [-0.4, -0.2) is 95.9 Å². The summed E-state index contributed by atoms with van der Waals surface area (Å²) in [6, 6.07) is 0. The quantitative estimate of drug-likeness (QED) is 0.127. The van der Waals surface area contributed by atoms with Gasteiger partial charge in [0.25, 0.3) is 0 Å². The molecule has 182 valence electrons. The van der Waals surface area contributed by atoms with E-state index in [-0.39, 0.29) is 26.2 Å². The van der Waals surface area contributed by atoms with E-state index in [1.165, 1.54) is 0 Å². The second kappa shape index (κ2) is 21.5. The molecule has 10 heteroatoms. The van der Waals surface area contributed by atoms with Gasteiger partial charge in [-0.15, -0.1) is 0 Å². The van der Waals surface area contributed by atoms with Crippen LogP contribution in [0.4, 0.5) is 0 Å². The minimum absolute atomic E-state index is 0.230. The van der Waals surface area contributed by atoms with Gasteiger partial charge in [-0.05, 0) is 0 Å². The van der Waals surface area contributed by atoms with Crippen LogP contribution in [0, 0.1) is 0 Å². The summed E-state index contributed by atoms with van der Waals surface area (Å²) >= 11 is 21.3. The number of thiol groups is 4. The second-order valence-corrected chi connectivity index (χ2v) is 13.8. The Kier molecular flexibility index (Phi) is 22.9. The average molecular weight is 539 g/mol. The maximum Gasteiger partial charge on any atom is 0.0607 e. The van der Waals surface area contributed by atoms with Crippen LogP contribution in [-0.2, 0) is 18.9 Å². The first-order valence-corrected chi connectivity index (χ1v) is 14.6. The van der Waals surface area contributed by atoms with Gasteiger partial charge in [-0.25, -0.2) is 0 Å². The van der Waals surface area contributed by atoms with Crippen molar-refractivity contribution in [2.45, 2.75) is 59.2 Å². The van der Waals surface area contributed by atoms with Crippen LogP contribution in [0.5, 0.6) is 0 Å². The van der Waals surface area contributed by atoms with E-state index in [2.05, 4.69) is 50.5 Å². The molecule has 0 amide bonds. The molecule has 0 saturated heterocycles. The van der Waals surface area contributed by atoms with Crippen LogP contribution in [0.25, 0.3) is 0 Å². The molecule has 0 aliphatic rings. The molecule has 0 radical (unpaired) electrons. The zero-order valence-electron chi connectivity index (χ0n) is 18.8. The summed E-state index contributed by atoms with van der Waals surface area (Å²) in [5.74, 6) is 1.91. The van der Waals surface area contributed by atoms with E-state index in [1.807, 2.05) is 51.2 Å². The van der Waals surface area contributed by atoms with Crippen LogP contribution >= 0.6 is 74.0 Å². The standard InChI is InChI=1S/C20H42O4S6/c1-15(25)7-21-5-6-29-20(13-24-10-18(4)28)14-30-19(11-22-8-16(2)26)12-23-9-17(3)27/h15-20,25-28H,5-14H2,1-4H3. The first-order valence-electron chi connectivity index (χ1n) is 10.5. The lowest BCUT2D eigenvalue weighted by atomic mass is 10.4. The van der Waals surface area contributed by atoms with Gasteiger partial charge in [0.2, 0.25) is 0 Å². The van der Waals surface area contributed by atoms with Gasteiger partial charge in [0.1, 0.15) is 0 Å². The Bertz CT molecular complexity index is 361. The van der Waals surface area contributed by atoms with Crippen LogP contribution in [0.1, 0.15) is 27.7 Å². The van der Waals surface area contributed by atoms with Gasteiger partial charge in [0.05, 0.1) is 58.1 Å². The molecule has 0 N–H and O–H groups in total. The molecule has 5 unspecified atom stereocenters. The van der Waals surface area contributed by atoms with Crippen molar-refractivity contribution >= 4 is 74.0 Å². The Labute approximate surface area is 215 Å². The first kappa shape index (κ1) is 31.9. The van der Waals surface area contributed by atoms with Crippen molar-refractivity contribution in [2.75, 3.05) is 64.4 Å². The van der Waals surface area contributed by atoms with Gasteiger partial charge >= 0.3 is 0 Å². The monoisotopic (exact) mass is 538 g/mol. The molecule has 0 fully saturated rings. The van der Waals surface area contributed by atoms with Gasteiger partial charge < -0.3 is 18.9 Å². The fourth-order valence-electron chi connectivity index (χ4n) is 2.17. The highest BCUT2D eigenvalue weighted by atomic mass is 32.2. The zero-order chi connectivity index (χ0) is 22.8. The predicted molar refractivity (Wildman–Crippen MR) is 150 cm³/mol. The zero-order valence-corrected chi connectivity index (χ0v) is 24.0. The fraction of sp³-hybridized carbons (Fsp3) is 1.00. The molecular weight excluding hydrogens is 497 g/mol. The van der Waals surface area contributed by atoms with E-state index >= 15 is 0 Å². The van der Waals surface area contributed by atoms with Crippen molar-refractivity contribution in [1.82, 2.24) is 0 Å². The average Bonchev–Trinajstić information content (AvgIpc) is 2.63. The maximum atomic E-state index is 5.86.